The van der Waals surface area contributed by atoms with E-state index in [0.717, 1.165) is 5.92 Å². The number of unbranched alkanes of at least 4 members (excludes halogenated alkanes) is 2. The fraction of sp³-hybridized carbons (Fsp3) is 1.00. The van der Waals surface area contributed by atoms with Crippen LogP contribution in [0.1, 0.15) is 67.2 Å². The van der Waals surface area contributed by atoms with Gasteiger partial charge in [-0.1, -0.05) is 60.8 Å². The molecule has 0 aliphatic heterocycles. The summed E-state index contributed by atoms with van der Waals surface area (Å²) < 4.78 is 0. The van der Waals surface area contributed by atoms with Crippen molar-refractivity contribution in [1.82, 2.24) is 4.90 Å². The van der Waals surface area contributed by atoms with E-state index in [1.807, 2.05) is 0 Å². The van der Waals surface area contributed by atoms with Crippen molar-refractivity contribution >= 4 is 0 Å². The second kappa shape index (κ2) is 8.11. The van der Waals surface area contributed by atoms with Gasteiger partial charge in [0.15, 0.2) is 0 Å². The van der Waals surface area contributed by atoms with Crippen LogP contribution >= 0.6 is 0 Å². The Labute approximate surface area is 104 Å². The first-order valence-electron chi connectivity index (χ1n) is 7.07. The minimum absolute atomic E-state index is 0.438. The monoisotopic (exact) mass is 227 g/mol. The maximum Gasteiger partial charge on any atom is 0.00299 e. The summed E-state index contributed by atoms with van der Waals surface area (Å²) in [6, 6.07) is 0. The summed E-state index contributed by atoms with van der Waals surface area (Å²) >= 11 is 0. The average Bonchev–Trinajstić information content (AvgIpc) is 2.13. The van der Waals surface area contributed by atoms with E-state index in [4.69, 9.17) is 0 Å². The van der Waals surface area contributed by atoms with E-state index in [-0.39, 0.29) is 0 Å². The average molecular weight is 227 g/mol. The van der Waals surface area contributed by atoms with Crippen LogP contribution in [0.4, 0.5) is 0 Å². The van der Waals surface area contributed by atoms with Gasteiger partial charge in [0.2, 0.25) is 0 Å². The van der Waals surface area contributed by atoms with Crippen molar-refractivity contribution < 1.29 is 0 Å². The van der Waals surface area contributed by atoms with E-state index in [2.05, 4.69) is 46.4 Å². The predicted octanol–water partition coefficient (Wildman–Crippen LogP) is 4.57. The Hall–Kier alpha value is -0.0400. The second-order valence-corrected chi connectivity index (χ2v) is 6.67. The number of hydrogen-bond donors (Lipinski definition) is 0. The van der Waals surface area contributed by atoms with Gasteiger partial charge in [0.25, 0.3) is 0 Å². The van der Waals surface area contributed by atoms with Crippen LogP contribution in [0, 0.1) is 11.3 Å². The molecule has 0 N–H and O–H groups in total. The lowest BCUT2D eigenvalue weighted by Gasteiger charge is -2.28. The minimum atomic E-state index is 0.438. The first-order chi connectivity index (χ1) is 7.35. The van der Waals surface area contributed by atoms with Gasteiger partial charge in [-0.15, -0.1) is 0 Å². The van der Waals surface area contributed by atoms with Gasteiger partial charge in [-0.05, 0) is 30.8 Å². The largest absolute Gasteiger partial charge is 0.303 e. The first kappa shape index (κ1) is 16.0. The van der Waals surface area contributed by atoms with Gasteiger partial charge in [0, 0.05) is 6.54 Å². The summed E-state index contributed by atoms with van der Waals surface area (Å²) in [5.74, 6) is 0.872. The summed E-state index contributed by atoms with van der Waals surface area (Å²) in [6.45, 7) is 17.6. The Kier molecular flexibility index (Phi) is 8.09. The Morgan fingerprint density at radius 1 is 1.00 bits per heavy atom. The van der Waals surface area contributed by atoms with E-state index >= 15 is 0 Å². The summed E-state index contributed by atoms with van der Waals surface area (Å²) in [5.41, 5.74) is 0.438. The van der Waals surface area contributed by atoms with Crippen molar-refractivity contribution in [1.29, 1.82) is 0 Å². The molecular weight excluding hydrogens is 194 g/mol. The fourth-order valence-electron chi connectivity index (χ4n) is 2.08. The van der Waals surface area contributed by atoms with Crippen LogP contribution in [0.3, 0.4) is 0 Å². The summed E-state index contributed by atoms with van der Waals surface area (Å²) in [5, 5.41) is 0. The van der Waals surface area contributed by atoms with Crippen LogP contribution in [0.2, 0.25) is 0 Å². The van der Waals surface area contributed by atoms with E-state index in [1.165, 1.54) is 45.3 Å². The quantitative estimate of drug-likeness (QED) is 0.549. The second-order valence-electron chi connectivity index (χ2n) is 6.67. The van der Waals surface area contributed by atoms with Gasteiger partial charge < -0.3 is 4.90 Å². The molecule has 1 nitrogen and oxygen atoms in total. The Morgan fingerprint density at radius 2 is 1.62 bits per heavy atom. The third-order valence-corrected chi connectivity index (χ3v) is 2.90. The van der Waals surface area contributed by atoms with Crippen LogP contribution in [-0.2, 0) is 0 Å². The molecule has 98 valence electrons. The zero-order valence-electron chi connectivity index (χ0n) is 12.5. The maximum absolute atomic E-state index is 2.59. The Bertz CT molecular complexity index is 155. The smallest absolute Gasteiger partial charge is 0.00299 e. The molecule has 0 bridgehead atoms. The standard InChI is InChI=1S/C15H33N/c1-7-16(13-15(4,5)6)12-10-8-9-11-14(2)3/h14H,7-13H2,1-6H3. The van der Waals surface area contributed by atoms with Gasteiger partial charge >= 0.3 is 0 Å². The molecule has 0 rings (SSSR count). The first-order valence-corrected chi connectivity index (χ1v) is 7.07. The normalized spacial score (nSPS) is 12.8. The highest BCUT2D eigenvalue weighted by Gasteiger charge is 2.14. The highest BCUT2D eigenvalue weighted by atomic mass is 15.1. The van der Waals surface area contributed by atoms with Crippen LogP contribution in [0.15, 0.2) is 0 Å². The molecule has 0 aromatic carbocycles. The molecule has 0 radical (unpaired) electrons. The molecule has 0 aromatic rings. The molecule has 0 aliphatic carbocycles. The molecule has 0 aliphatic rings. The summed E-state index contributed by atoms with van der Waals surface area (Å²) in [6.07, 6.45) is 5.57. The minimum Gasteiger partial charge on any atom is -0.303 e. The van der Waals surface area contributed by atoms with Crippen molar-refractivity contribution in [2.24, 2.45) is 11.3 Å². The molecule has 0 heterocycles. The molecule has 0 saturated carbocycles. The van der Waals surface area contributed by atoms with Gasteiger partial charge in [0.05, 0.1) is 0 Å². The van der Waals surface area contributed by atoms with Crippen molar-refractivity contribution in [3.63, 3.8) is 0 Å². The Balaban J connectivity index is 3.56. The third kappa shape index (κ3) is 10.5. The molecule has 0 atom stereocenters. The summed E-state index contributed by atoms with van der Waals surface area (Å²) in [7, 11) is 0. The zero-order chi connectivity index (χ0) is 12.6. The van der Waals surface area contributed by atoms with Crippen molar-refractivity contribution in [2.45, 2.75) is 67.2 Å². The van der Waals surface area contributed by atoms with Crippen molar-refractivity contribution in [3.8, 4) is 0 Å². The van der Waals surface area contributed by atoms with Gasteiger partial charge in [-0.2, -0.15) is 0 Å². The predicted molar refractivity (Wildman–Crippen MR) is 74.9 cm³/mol. The molecule has 0 unspecified atom stereocenters. The van der Waals surface area contributed by atoms with Crippen LogP contribution < -0.4 is 0 Å². The van der Waals surface area contributed by atoms with E-state index in [1.54, 1.807) is 0 Å². The van der Waals surface area contributed by atoms with E-state index in [0.29, 0.717) is 5.41 Å². The van der Waals surface area contributed by atoms with Gasteiger partial charge in [-0.25, -0.2) is 0 Å². The molecule has 1 heteroatoms. The number of rotatable bonds is 8. The highest BCUT2D eigenvalue weighted by molar-refractivity contribution is 4.68. The molecule has 0 aromatic heterocycles. The highest BCUT2D eigenvalue weighted by Crippen LogP contribution is 2.16. The van der Waals surface area contributed by atoms with Crippen molar-refractivity contribution in [3.05, 3.63) is 0 Å². The lowest BCUT2D eigenvalue weighted by Crippen LogP contribution is -2.33. The maximum atomic E-state index is 2.59. The lowest BCUT2D eigenvalue weighted by atomic mass is 9.96. The Morgan fingerprint density at radius 3 is 2.06 bits per heavy atom. The van der Waals surface area contributed by atoms with E-state index in [9.17, 15) is 0 Å². The molecule has 0 saturated heterocycles. The summed E-state index contributed by atoms with van der Waals surface area (Å²) in [4.78, 5) is 2.59. The van der Waals surface area contributed by atoms with Crippen LogP contribution in [-0.4, -0.2) is 24.5 Å². The third-order valence-electron chi connectivity index (χ3n) is 2.90. The van der Waals surface area contributed by atoms with Gasteiger partial charge in [0.1, 0.15) is 0 Å². The van der Waals surface area contributed by atoms with Crippen molar-refractivity contribution in [2.75, 3.05) is 19.6 Å². The molecule has 0 fully saturated rings. The molecule has 0 spiro atoms. The molecular formula is C15H33N. The molecule has 16 heavy (non-hydrogen) atoms. The topological polar surface area (TPSA) is 3.24 Å². The van der Waals surface area contributed by atoms with Crippen LogP contribution in [0.5, 0.6) is 0 Å². The lowest BCUT2D eigenvalue weighted by molar-refractivity contribution is 0.195. The molecule has 0 amide bonds. The number of nitrogens with zero attached hydrogens (tertiary/aromatic N) is 1. The SMILES string of the molecule is CCN(CCCCCC(C)C)CC(C)(C)C. The number of hydrogen-bond acceptors (Lipinski definition) is 1. The van der Waals surface area contributed by atoms with Gasteiger partial charge in [-0.3, -0.25) is 0 Å². The fourth-order valence-corrected chi connectivity index (χ4v) is 2.08. The van der Waals surface area contributed by atoms with E-state index < -0.39 is 0 Å². The zero-order valence-corrected chi connectivity index (χ0v) is 12.5. The van der Waals surface area contributed by atoms with Crippen LogP contribution in [0.25, 0.3) is 0 Å².